The highest BCUT2D eigenvalue weighted by molar-refractivity contribution is 5.43. The number of benzene rings is 2. The Morgan fingerprint density at radius 1 is 1.11 bits per heavy atom. The van der Waals surface area contributed by atoms with Gasteiger partial charge in [0.25, 0.3) is 0 Å². The Balaban J connectivity index is 1.61. The van der Waals surface area contributed by atoms with Gasteiger partial charge in [-0.25, -0.2) is 9.07 Å². The van der Waals surface area contributed by atoms with Crippen LogP contribution in [0.15, 0.2) is 54.6 Å². The van der Waals surface area contributed by atoms with Crippen molar-refractivity contribution in [2.24, 2.45) is 5.92 Å². The summed E-state index contributed by atoms with van der Waals surface area (Å²) in [4.78, 5) is 2.27. The van der Waals surface area contributed by atoms with Crippen molar-refractivity contribution in [1.82, 2.24) is 14.7 Å². The summed E-state index contributed by atoms with van der Waals surface area (Å²) >= 11 is 0. The summed E-state index contributed by atoms with van der Waals surface area (Å²) in [7, 11) is 0. The van der Waals surface area contributed by atoms with E-state index in [1.807, 2.05) is 58.0 Å². The third-order valence-corrected chi connectivity index (χ3v) is 5.94. The van der Waals surface area contributed by atoms with Crippen LogP contribution in [-0.4, -0.2) is 51.2 Å². The molecule has 0 radical (unpaired) electrons. The predicted octanol–water partition coefficient (Wildman–Crippen LogP) is 5.50. The number of rotatable bonds is 11. The van der Waals surface area contributed by atoms with E-state index in [0.717, 1.165) is 23.5 Å². The maximum absolute atomic E-state index is 13.5. The molecule has 1 N–H and O–H groups in total. The van der Waals surface area contributed by atoms with Crippen LogP contribution in [0.3, 0.4) is 0 Å². The largest absolute Gasteiger partial charge is 0.439 e. The Morgan fingerprint density at radius 2 is 1.80 bits per heavy atom. The van der Waals surface area contributed by atoms with Crippen molar-refractivity contribution in [2.75, 3.05) is 19.7 Å². The van der Waals surface area contributed by atoms with Crippen LogP contribution in [-0.2, 0) is 11.3 Å². The first-order valence-corrected chi connectivity index (χ1v) is 12.3. The molecule has 1 aromatic heterocycles. The van der Waals surface area contributed by atoms with Gasteiger partial charge in [-0.1, -0.05) is 18.2 Å². The molecule has 7 heteroatoms. The lowest BCUT2D eigenvalue weighted by molar-refractivity contribution is -0.0569. The first-order valence-electron chi connectivity index (χ1n) is 12.3. The minimum Gasteiger partial charge on any atom is -0.439 e. The molecule has 1 aliphatic carbocycles. The van der Waals surface area contributed by atoms with Crippen LogP contribution in [0.1, 0.15) is 44.9 Å². The van der Waals surface area contributed by atoms with Gasteiger partial charge in [-0.05, 0) is 82.9 Å². The summed E-state index contributed by atoms with van der Waals surface area (Å²) in [5, 5.41) is 15.5. The average Bonchev–Trinajstić information content (AvgIpc) is 3.58. The number of aliphatic hydroxyl groups excluding tert-OH is 1. The number of aromatic nitrogens is 2. The number of para-hydroxylation sites is 1. The summed E-state index contributed by atoms with van der Waals surface area (Å²) in [5.41, 5.74) is 2.38. The first kappa shape index (κ1) is 25.4. The Labute approximate surface area is 207 Å². The first-order chi connectivity index (χ1) is 16.7. The van der Waals surface area contributed by atoms with Gasteiger partial charge < -0.3 is 14.6 Å². The van der Waals surface area contributed by atoms with E-state index in [2.05, 4.69) is 4.90 Å². The second-order valence-electron chi connectivity index (χ2n) is 10.4. The van der Waals surface area contributed by atoms with E-state index in [4.69, 9.17) is 14.6 Å². The normalized spacial score (nSPS) is 14.9. The maximum atomic E-state index is 13.5. The van der Waals surface area contributed by atoms with Crippen molar-refractivity contribution in [2.45, 2.75) is 58.8 Å². The van der Waals surface area contributed by atoms with Crippen molar-refractivity contribution < 1.29 is 19.0 Å². The average molecular weight is 482 g/mol. The Bertz CT molecular complexity index is 1090. The lowest BCUT2D eigenvalue weighted by Crippen LogP contribution is -2.37. The van der Waals surface area contributed by atoms with Crippen molar-refractivity contribution >= 4 is 0 Å². The third kappa shape index (κ3) is 7.37. The van der Waals surface area contributed by atoms with Gasteiger partial charge in [0.05, 0.1) is 35.3 Å². The standard InChI is InChI=1S/C28H36FN3O3/c1-20-26(18-31(16-21-10-11-21)17-24(33)19-34-28(2,3)4)27(35-25-14-12-22(29)13-15-25)32(30-20)23-8-6-5-7-9-23/h5-9,12-15,21,24,33H,10-11,16-19H2,1-4H3/t24-/m0/s1. The molecule has 1 heterocycles. The van der Waals surface area contributed by atoms with Crippen molar-refractivity contribution in [3.05, 3.63) is 71.7 Å². The SMILES string of the molecule is Cc1nn(-c2ccccc2)c(Oc2ccc(F)cc2)c1CN(CC1CC1)C[C@H](O)COC(C)(C)C. The molecule has 0 amide bonds. The van der Waals surface area contributed by atoms with Crippen molar-refractivity contribution in [3.8, 4) is 17.3 Å². The molecular weight excluding hydrogens is 445 g/mol. The fourth-order valence-corrected chi connectivity index (χ4v) is 3.97. The van der Waals surface area contributed by atoms with Crippen LogP contribution in [0.4, 0.5) is 4.39 Å². The Morgan fingerprint density at radius 3 is 2.43 bits per heavy atom. The van der Waals surface area contributed by atoms with Gasteiger partial charge in [0, 0.05) is 19.6 Å². The number of hydrogen-bond acceptors (Lipinski definition) is 5. The summed E-state index contributed by atoms with van der Waals surface area (Å²) < 4.78 is 27.4. The van der Waals surface area contributed by atoms with E-state index in [0.29, 0.717) is 30.6 Å². The molecule has 0 unspecified atom stereocenters. The highest BCUT2D eigenvalue weighted by Gasteiger charge is 2.28. The summed E-state index contributed by atoms with van der Waals surface area (Å²) in [6.45, 7) is 10.2. The van der Waals surface area contributed by atoms with E-state index < -0.39 is 6.10 Å². The molecule has 0 aliphatic heterocycles. The van der Waals surface area contributed by atoms with E-state index >= 15 is 0 Å². The molecule has 4 rings (SSSR count). The fourth-order valence-electron chi connectivity index (χ4n) is 3.97. The number of ether oxygens (including phenoxy) is 2. The molecule has 35 heavy (non-hydrogen) atoms. The smallest absolute Gasteiger partial charge is 0.227 e. The minimum absolute atomic E-state index is 0.284. The molecular formula is C28H36FN3O3. The molecule has 1 aliphatic rings. The zero-order valence-corrected chi connectivity index (χ0v) is 21.1. The van der Waals surface area contributed by atoms with E-state index in [-0.39, 0.29) is 18.0 Å². The highest BCUT2D eigenvalue weighted by atomic mass is 19.1. The van der Waals surface area contributed by atoms with Gasteiger partial charge in [0.15, 0.2) is 0 Å². The lowest BCUT2D eigenvalue weighted by atomic mass is 10.2. The van der Waals surface area contributed by atoms with Gasteiger partial charge in [0.1, 0.15) is 11.6 Å². The molecule has 1 fully saturated rings. The summed E-state index contributed by atoms with van der Waals surface area (Å²) in [5.74, 6) is 1.47. The van der Waals surface area contributed by atoms with E-state index in [1.165, 1.54) is 25.0 Å². The Hall–Kier alpha value is -2.74. The molecule has 1 atom stereocenters. The fraction of sp³-hybridized carbons (Fsp3) is 0.464. The van der Waals surface area contributed by atoms with Crippen LogP contribution < -0.4 is 4.74 Å². The molecule has 188 valence electrons. The number of nitrogens with zero attached hydrogens (tertiary/aromatic N) is 3. The number of halogens is 1. The van der Waals surface area contributed by atoms with Crippen LogP contribution in [0.25, 0.3) is 5.69 Å². The van der Waals surface area contributed by atoms with Crippen molar-refractivity contribution in [3.63, 3.8) is 0 Å². The maximum Gasteiger partial charge on any atom is 0.227 e. The summed E-state index contributed by atoms with van der Waals surface area (Å²) in [6.07, 6.45) is 1.83. The summed E-state index contributed by atoms with van der Waals surface area (Å²) in [6, 6.07) is 15.8. The predicted molar refractivity (Wildman–Crippen MR) is 134 cm³/mol. The van der Waals surface area contributed by atoms with Crippen molar-refractivity contribution in [1.29, 1.82) is 0 Å². The molecule has 6 nitrogen and oxygen atoms in total. The van der Waals surface area contributed by atoms with Gasteiger partial charge in [0.2, 0.25) is 5.88 Å². The van der Waals surface area contributed by atoms with Crippen LogP contribution >= 0.6 is 0 Å². The van der Waals surface area contributed by atoms with Gasteiger partial charge >= 0.3 is 0 Å². The molecule has 0 saturated heterocycles. The lowest BCUT2D eigenvalue weighted by Gasteiger charge is -2.27. The second-order valence-corrected chi connectivity index (χ2v) is 10.4. The number of aliphatic hydroxyl groups is 1. The third-order valence-electron chi connectivity index (χ3n) is 5.94. The second kappa shape index (κ2) is 10.9. The molecule has 3 aromatic rings. The molecule has 0 spiro atoms. The molecule has 1 saturated carbocycles. The van der Waals surface area contributed by atoms with Crippen LogP contribution in [0.2, 0.25) is 0 Å². The Kier molecular flexibility index (Phi) is 7.89. The van der Waals surface area contributed by atoms with E-state index in [9.17, 15) is 9.50 Å². The highest BCUT2D eigenvalue weighted by Crippen LogP contribution is 2.34. The van der Waals surface area contributed by atoms with Crippen LogP contribution in [0.5, 0.6) is 11.6 Å². The topological polar surface area (TPSA) is 59.8 Å². The zero-order chi connectivity index (χ0) is 25.0. The van der Waals surface area contributed by atoms with Gasteiger partial charge in [-0.3, -0.25) is 4.90 Å². The quantitative estimate of drug-likeness (QED) is 0.392. The minimum atomic E-state index is -0.598. The zero-order valence-electron chi connectivity index (χ0n) is 21.1. The molecule has 0 bridgehead atoms. The monoisotopic (exact) mass is 481 g/mol. The number of aryl methyl sites for hydroxylation is 1. The number of hydrogen-bond donors (Lipinski definition) is 1. The molecule has 2 aromatic carbocycles. The van der Waals surface area contributed by atoms with Gasteiger partial charge in [-0.2, -0.15) is 5.10 Å². The van der Waals surface area contributed by atoms with Gasteiger partial charge in [-0.15, -0.1) is 0 Å². The van der Waals surface area contributed by atoms with E-state index in [1.54, 1.807) is 16.8 Å². The van der Waals surface area contributed by atoms with Crippen LogP contribution in [0, 0.1) is 18.7 Å².